The first-order valence-electron chi connectivity index (χ1n) is 4.08. The summed E-state index contributed by atoms with van der Waals surface area (Å²) < 4.78 is 0. The Hall–Kier alpha value is -0.370. The molecule has 4 heteroatoms. The van der Waals surface area contributed by atoms with Crippen LogP contribution in [0.5, 0.6) is 0 Å². The fourth-order valence-corrected chi connectivity index (χ4v) is 1.32. The molecule has 1 aromatic carbocycles. The van der Waals surface area contributed by atoms with E-state index in [1.54, 1.807) is 0 Å². The van der Waals surface area contributed by atoms with Crippen molar-refractivity contribution in [3.63, 3.8) is 0 Å². The maximum atomic E-state index is 5.85. The molecule has 1 N–H and O–H groups in total. The normalized spacial score (nSPS) is 11.6. The first-order valence-corrected chi connectivity index (χ1v) is 5.27. The van der Waals surface area contributed by atoms with Crippen LogP contribution in [-0.2, 0) is 0 Å². The van der Waals surface area contributed by atoms with Crippen LogP contribution in [0.3, 0.4) is 0 Å². The summed E-state index contributed by atoms with van der Waals surface area (Å²) in [5.74, 6) is 0. The smallest absolute Gasteiger partial charge is 0.0516 e. The van der Waals surface area contributed by atoms with Gasteiger partial charge in [0.2, 0.25) is 0 Å². The van der Waals surface area contributed by atoms with E-state index in [1.165, 1.54) is 5.54 Å². The number of hydrogen-bond acceptors (Lipinski definition) is 1. The molecule has 14 heavy (non-hydrogen) atoms. The van der Waals surface area contributed by atoms with E-state index in [0.717, 1.165) is 11.3 Å². The lowest BCUT2D eigenvalue weighted by atomic mass is 10.2. The van der Waals surface area contributed by atoms with Crippen LogP contribution in [0.25, 0.3) is 0 Å². The van der Waals surface area contributed by atoms with Crippen molar-refractivity contribution in [2.45, 2.75) is 6.92 Å². The average Bonchev–Trinajstić information content (AvgIpc) is 2.19. The van der Waals surface area contributed by atoms with E-state index in [2.05, 4.69) is 5.32 Å². The Balaban J connectivity index is 2.71. The van der Waals surface area contributed by atoms with E-state index >= 15 is 0 Å². The molecule has 0 unspecified atom stereocenters. The zero-order chi connectivity index (χ0) is 10.6. The third kappa shape index (κ3) is 3.41. The summed E-state index contributed by atoms with van der Waals surface area (Å²) >= 11 is 17.0. The van der Waals surface area contributed by atoms with Crippen LogP contribution >= 0.6 is 34.8 Å². The van der Waals surface area contributed by atoms with Crippen molar-refractivity contribution in [3.05, 3.63) is 39.4 Å². The third-order valence-electron chi connectivity index (χ3n) is 1.77. The van der Waals surface area contributed by atoms with Gasteiger partial charge in [0, 0.05) is 21.3 Å². The summed E-state index contributed by atoms with van der Waals surface area (Å²) in [7, 11) is 0. The summed E-state index contributed by atoms with van der Waals surface area (Å²) in [5, 5.41) is 4.39. The van der Waals surface area contributed by atoms with Gasteiger partial charge in [0.05, 0.1) is 6.54 Å². The summed E-state index contributed by atoms with van der Waals surface area (Å²) in [6, 6.07) is 5.65. The van der Waals surface area contributed by atoms with Gasteiger partial charge in [-0.15, -0.1) is 0 Å². The second-order valence-electron chi connectivity index (χ2n) is 2.87. The molecule has 0 saturated heterocycles. The zero-order valence-corrected chi connectivity index (χ0v) is 9.92. The van der Waals surface area contributed by atoms with Gasteiger partial charge in [0.15, 0.2) is 0 Å². The molecular weight excluding hydrogens is 240 g/mol. The summed E-state index contributed by atoms with van der Waals surface area (Å²) in [6.45, 7) is 2.50. The Morgan fingerprint density at radius 1 is 1.50 bits per heavy atom. The van der Waals surface area contributed by atoms with Gasteiger partial charge < -0.3 is 5.32 Å². The van der Waals surface area contributed by atoms with Gasteiger partial charge in [-0.2, -0.15) is 0 Å². The fourth-order valence-electron chi connectivity index (χ4n) is 1.00. The van der Waals surface area contributed by atoms with E-state index in [4.69, 9.17) is 34.8 Å². The molecule has 0 radical (unpaired) electrons. The van der Waals surface area contributed by atoms with Crippen molar-refractivity contribution >= 4 is 40.5 Å². The van der Waals surface area contributed by atoms with Crippen LogP contribution in [0.4, 0.5) is 5.69 Å². The molecule has 0 spiro atoms. The van der Waals surface area contributed by atoms with Crippen molar-refractivity contribution in [1.29, 1.82) is 0 Å². The molecule has 0 fully saturated rings. The third-order valence-corrected chi connectivity index (χ3v) is 2.62. The second kappa shape index (κ2) is 5.50. The van der Waals surface area contributed by atoms with Crippen LogP contribution in [-0.4, -0.2) is 6.54 Å². The monoisotopic (exact) mass is 249 g/mol. The van der Waals surface area contributed by atoms with Gasteiger partial charge in [-0.3, -0.25) is 0 Å². The van der Waals surface area contributed by atoms with Gasteiger partial charge in [0.25, 0.3) is 0 Å². The van der Waals surface area contributed by atoms with Crippen molar-refractivity contribution < 1.29 is 0 Å². The number of anilines is 1. The van der Waals surface area contributed by atoms with Crippen LogP contribution < -0.4 is 5.32 Å². The Bertz CT molecular complexity index is 347. The molecular formula is C10H10Cl3N. The maximum Gasteiger partial charge on any atom is 0.0516 e. The van der Waals surface area contributed by atoms with Crippen molar-refractivity contribution in [2.24, 2.45) is 0 Å². The molecule has 0 aromatic heterocycles. The predicted octanol–water partition coefficient (Wildman–Crippen LogP) is 4.38. The minimum Gasteiger partial charge on any atom is -0.380 e. The number of halogens is 3. The zero-order valence-electron chi connectivity index (χ0n) is 7.65. The van der Waals surface area contributed by atoms with Crippen LogP contribution in [0, 0.1) is 6.92 Å². The van der Waals surface area contributed by atoms with Crippen LogP contribution in [0.1, 0.15) is 5.56 Å². The number of nitrogens with one attached hydrogen (secondary N) is 1. The van der Waals surface area contributed by atoms with E-state index in [-0.39, 0.29) is 0 Å². The molecule has 0 saturated carbocycles. The van der Waals surface area contributed by atoms with Crippen LogP contribution in [0.2, 0.25) is 5.02 Å². The molecule has 1 rings (SSSR count). The lowest BCUT2D eigenvalue weighted by Crippen LogP contribution is -2.02. The highest BCUT2D eigenvalue weighted by Crippen LogP contribution is 2.20. The molecule has 1 nitrogen and oxygen atoms in total. The summed E-state index contributed by atoms with van der Waals surface area (Å²) in [6.07, 6.45) is 0. The molecule has 0 amide bonds. The fraction of sp³-hybridized carbons (Fsp3) is 0.200. The lowest BCUT2D eigenvalue weighted by Gasteiger charge is -2.08. The molecule has 0 aliphatic carbocycles. The Morgan fingerprint density at radius 2 is 2.21 bits per heavy atom. The van der Waals surface area contributed by atoms with E-state index in [9.17, 15) is 0 Å². The standard InChI is InChI=1S/C10H10Cl3N/c1-7-2-3-8(12)4-10(7)14-6-9(13)5-11/h2-5,14H,6H2,1H3/b9-5-. The predicted molar refractivity (Wildman–Crippen MR) is 64.5 cm³/mol. The molecule has 1 aromatic rings. The molecule has 0 heterocycles. The Labute approximate surface area is 98.7 Å². The number of rotatable bonds is 3. The lowest BCUT2D eigenvalue weighted by molar-refractivity contribution is 1.28. The quantitative estimate of drug-likeness (QED) is 0.839. The Kier molecular flexibility index (Phi) is 4.59. The molecule has 0 aliphatic rings. The largest absolute Gasteiger partial charge is 0.380 e. The highest BCUT2D eigenvalue weighted by molar-refractivity contribution is 6.36. The minimum absolute atomic E-state index is 0.506. The summed E-state index contributed by atoms with van der Waals surface area (Å²) in [4.78, 5) is 0. The van der Waals surface area contributed by atoms with E-state index in [1.807, 2.05) is 25.1 Å². The maximum absolute atomic E-state index is 5.85. The molecule has 76 valence electrons. The molecule has 0 bridgehead atoms. The van der Waals surface area contributed by atoms with Crippen molar-refractivity contribution in [2.75, 3.05) is 11.9 Å². The van der Waals surface area contributed by atoms with Gasteiger partial charge >= 0.3 is 0 Å². The molecule has 0 aliphatic heterocycles. The SMILES string of the molecule is Cc1ccc(Cl)cc1NC/C(Cl)=C/Cl. The minimum atomic E-state index is 0.506. The van der Waals surface area contributed by atoms with E-state index < -0.39 is 0 Å². The topological polar surface area (TPSA) is 12.0 Å². The van der Waals surface area contributed by atoms with Gasteiger partial charge in [-0.25, -0.2) is 0 Å². The Morgan fingerprint density at radius 3 is 2.86 bits per heavy atom. The molecule has 0 atom stereocenters. The first kappa shape index (κ1) is 11.7. The van der Waals surface area contributed by atoms with Gasteiger partial charge in [0.1, 0.15) is 0 Å². The van der Waals surface area contributed by atoms with Crippen molar-refractivity contribution in [1.82, 2.24) is 0 Å². The number of aryl methyl sites for hydroxylation is 1. The highest BCUT2D eigenvalue weighted by atomic mass is 35.5. The average molecular weight is 251 g/mol. The van der Waals surface area contributed by atoms with Crippen molar-refractivity contribution in [3.8, 4) is 0 Å². The van der Waals surface area contributed by atoms with Gasteiger partial charge in [-0.05, 0) is 24.6 Å². The first-order chi connectivity index (χ1) is 6.63. The number of hydrogen-bond donors (Lipinski definition) is 1. The summed E-state index contributed by atoms with van der Waals surface area (Å²) in [5.41, 5.74) is 3.43. The second-order valence-corrected chi connectivity index (χ2v) is 4.01. The van der Waals surface area contributed by atoms with E-state index in [0.29, 0.717) is 16.6 Å². The van der Waals surface area contributed by atoms with Crippen LogP contribution in [0.15, 0.2) is 28.8 Å². The van der Waals surface area contributed by atoms with Gasteiger partial charge in [-0.1, -0.05) is 40.9 Å². The highest BCUT2D eigenvalue weighted by Gasteiger charge is 1.99. The number of benzene rings is 1.